The van der Waals surface area contributed by atoms with E-state index in [2.05, 4.69) is 10.1 Å². The third-order valence-corrected chi connectivity index (χ3v) is 3.11. The second-order valence-corrected chi connectivity index (χ2v) is 4.39. The van der Waals surface area contributed by atoms with Crippen molar-refractivity contribution in [3.05, 3.63) is 70.4 Å². The molecule has 0 amide bonds. The lowest BCUT2D eigenvalue weighted by atomic mass is 10.3. The number of benzene rings is 1. The Labute approximate surface area is 117 Å². The summed E-state index contributed by atoms with van der Waals surface area (Å²) < 4.78 is 15.6. The van der Waals surface area contributed by atoms with E-state index >= 15 is 0 Å². The summed E-state index contributed by atoms with van der Waals surface area (Å²) in [4.78, 5) is 16.1. The van der Waals surface area contributed by atoms with Crippen molar-refractivity contribution in [1.29, 1.82) is 0 Å². The average molecular weight is 291 g/mol. The standard InChI is InChI=1S/C13H8ClFN4O/c14-12-11(18-6-5-16-8-18)7-17-19(13(12)20)10-3-1-9(15)2-4-10/h1-8H. The van der Waals surface area contributed by atoms with Crippen LogP contribution in [0.1, 0.15) is 0 Å². The molecule has 0 radical (unpaired) electrons. The fraction of sp³-hybridized carbons (Fsp3) is 0. The zero-order valence-electron chi connectivity index (χ0n) is 10.1. The van der Waals surface area contributed by atoms with Crippen LogP contribution in [-0.2, 0) is 0 Å². The molecule has 0 spiro atoms. The molecule has 5 nitrogen and oxygen atoms in total. The highest BCUT2D eigenvalue weighted by atomic mass is 35.5. The van der Waals surface area contributed by atoms with E-state index in [0.29, 0.717) is 11.4 Å². The van der Waals surface area contributed by atoms with E-state index in [9.17, 15) is 9.18 Å². The Bertz CT molecular complexity index is 796. The molecule has 0 bridgehead atoms. The Morgan fingerprint density at radius 3 is 2.60 bits per heavy atom. The van der Waals surface area contributed by atoms with Crippen LogP contribution in [0.4, 0.5) is 4.39 Å². The normalized spacial score (nSPS) is 10.7. The zero-order chi connectivity index (χ0) is 14.1. The lowest BCUT2D eigenvalue weighted by Crippen LogP contribution is -2.22. The number of aromatic nitrogens is 4. The molecule has 7 heteroatoms. The van der Waals surface area contributed by atoms with Crippen molar-refractivity contribution >= 4 is 11.6 Å². The van der Waals surface area contributed by atoms with Crippen molar-refractivity contribution in [3.63, 3.8) is 0 Å². The van der Waals surface area contributed by atoms with Gasteiger partial charge in [0.25, 0.3) is 5.56 Å². The molecule has 0 aliphatic heterocycles. The maximum absolute atomic E-state index is 12.9. The van der Waals surface area contributed by atoms with Gasteiger partial charge in [0.1, 0.15) is 10.8 Å². The average Bonchev–Trinajstić information content (AvgIpc) is 2.97. The molecule has 0 saturated carbocycles. The predicted molar refractivity (Wildman–Crippen MR) is 71.9 cm³/mol. The van der Waals surface area contributed by atoms with E-state index in [1.165, 1.54) is 36.8 Å². The maximum Gasteiger partial charge on any atom is 0.292 e. The van der Waals surface area contributed by atoms with Gasteiger partial charge in [-0.05, 0) is 24.3 Å². The first kappa shape index (κ1) is 12.6. The summed E-state index contributed by atoms with van der Waals surface area (Å²) in [6.07, 6.45) is 6.20. The molecule has 0 unspecified atom stereocenters. The first-order valence-electron chi connectivity index (χ1n) is 5.69. The first-order valence-corrected chi connectivity index (χ1v) is 6.07. The van der Waals surface area contributed by atoms with Gasteiger partial charge in [-0.1, -0.05) is 11.6 Å². The van der Waals surface area contributed by atoms with Crippen LogP contribution >= 0.6 is 11.6 Å². The molecule has 2 heterocycles. The molecule has 0 aliphatic rings. The molecular weight excluding hydrogens is 283 g/mol. The van der Waals surface area contributed by atoms with Gasteiger partial charge in [0, 0.05) is 12.4 Å². The van der Waals surface area contributed by atoms with Gasteiger partial charge in [0.05, 0.1) is 23.9 Å². The second kappa shape index (κ2) is 4.90. The highest BCUT2D eigenvalue weighted by Gasteiger charge is 2.11. The van der Waals surface area contributed by atoms with E-state index in [1.54, 1.807) is 17.0 Å². The third-order valence-electron chi connectivity index (χ3n) is 2.75. The van der Waals surface area contributed by atoms with E-state index in [0.717, 1.165) is 4.68 Å². The molecule has 0 atom stereocenters. The summed E-state index contributed by atoms with van der Waals surface area (Å²) in [6, 6.07) is 5.41. The van der Waals surface area contributed by atoms with Gasteiger partial charge >= 0.3 is 0 Å². The summed E-state index contributed by atoms with van der Waals surface area (Å²) in [5.74, 6) is -0.386. The Hall–Kier alpha value is -2.47. The molecular formula is C13H8ClFN4O. The quantitative estimate of drug-likeness (QED) is 0.727. The van der Waals surface area contributed by atoms with Crippen molar-refractivity contribution in [2.24, 2.45) is 0 Å². The number of hydrogen-bond donors (Lipinski definition) is 0. The predicted octanol–water partition coefficient (Wildman–Crippen LogP) is 2.21. The fourth-order valence-corrected chi connectivity index (χ4v) is 2.00. The Kier molecular flexibility index (Phi) is 3.08. The highest BCUT2D eigenvalue weighted by molar-refractivity contribution is 6.32. The Morgan fingerprint density at radius 1 is 1.20 bits per heavy atom. The monoisotopic (exact) mass is 290 g/mol. The van der Waals surface area contributed by atoms with Crippen LogP contribution in [0.15, 0.2) is 54.0 Å². The van der Waals surface area contributed by atoms with E-state index in [-0.39, 0.29) is 10.8 Å². The topological polar surface area (TPSA) is 52.7 Å². The minimum Gasteiger partial charge on any atom is -0.303 e. The van der Waals surface area contributed by atoms with Crippen molar-refractivity contribution in [2.45, 2.75) is 0 Å². The minimum absolute atomic E-state index is 0.0160. The largest absolute Gasteiger partial charge is 0.303 e. The molecule has 0 aliphatic carbocycles. The second-order valence-electron chi connectivity index (χ2n) is 4.01. The molecule has 2 aromatic heterocycles. The fourth-order valence-electron chi connectivity index (χ4n) is 1.77. The Morgan fingerprint density at radius 2 is 1.95 bits per heavy atom. The lowest BCUT2D eigenvalue weighted by molar-refractivity contribution is 0.626. The van der Waals surface area contributed by atoms with Gasteiger partial charge in [-0.2, -0.15) is 9.78 Å². The molecule has 20 heavy (non-hydrogen) atoms. The van der Waals surface area contributed by atoms with Crippen LogP contribution in [0.3, 0.4) is 0 Å². The number of rotatable bonds is 2. The van der Waals surface area contributed by atoms with Crippen LogP contribution in [0.25, 0.3) is 11.4 Å². The Balaban J connectivity index is 2.14. The number of imidazole rings is 1. The summed E-state index contributed by atoms with van der Waals surface area (Å²) in [5.41, 5.74) is 0.396. The van der Waals surface area contributed by atoms with Gasteiger partial charge in [-0.15, -0.1) is 0 Å². The molecule has 100 valence electrons. The smallest absolute Gasteiger partial charge is 0.292 e. The van der Waals surface area contributed by atoms with Crippen LogP contribution in [-0.4, -0.2) is 19.3 Å². The SMILES string of the molecule is O=c1c(Cl)c(-n2ccnc2)cnn1-c1ccc(F)cc1. The number of nitrogens with zero attached hydrogens (tertiary/aromatic N) is 4. The third kappa shape index (κ3) is 2.10. The minimum atomic E-state index is -0.482. The lowest BCUT2D eigenvalue weighted by Gasteiger charge is -2.08. The van der Waals surface area contributed by atoms with Gasteiger partial charge < -0.3 is 4.57 Å². The molecule has 1 aromatic carbocycles. The van der Waals surface area contributed by atoms with Crippen molar-refractivity contribution in [1.82, 2.24) is 19.3 Å². The summed E-state index contributed by atoms with van der Waals surface area (Å²) >= 11 is 6.07. The number of hydrogen-bond acceptors (Lipinski definition) is 3. The van der Waals surface area contributed by atoms with Gasteiger partial charge in [0.15, 0.2) is 0 Å². The summed E-state index contributed by atoms with van der Waals surface area (Å²) in [7, 11) is 0. The number of halogens is 2. The summed E-state index contributed by atoms with van der Waals surface area (Å²) in [5, 5.41) is 4.06. The van der Waals surface area contributed by atoms with Gasteiger partial charge in [-0.3, -0.25) is 4.79 Å². The zero-order valence-corrected chi connectivity index (χ0v) is 10.8. The van der Waals surface area contributed by atoms with E-state index < -0.39 is 5.56 Å². The van der Waals surface area contributed by atoms with Crippen molar-refractivity contribution < 1.29 is 4.39 Å². The summed E-state index contributed by atoms with van der Waals surface area (Å²) in [6.45, 7) is 0. The molecule has 3 aromatic rings. The van der Waals surface area contributed by atoms with Gasteiger partial charge in [0.2, 0.25) is 0 Å². The van der Waals surface area contributed by atoms with Gasteiger partial charge in [-0.25, -0.2) is 9.37 Å². The first-order chi connectivity index (χ1) is 9.66. The van der Waals surface area contributed by atoms with E-state index in [1.807, 2.05) is 0 Å². The van der Waals surface area contributed by atoms with Crippen molar-refractivity contribution in [2.75, 3.05) is 0 Å². The van der Waals surface area contributed by atoms with Crippen LogP contribution in [0, 0.1) is 5.82 Å². The van der Waals surface area contributed by atoms with Crippen LogP contribution < -0.4 is 5.56 Å². The van der Waals surface area contributed by atoms with Crippen LogP contribution in [0.5, 0.6) is 0 Å². The molecule has 0 fully saturated rings. The molecule has 0 N–H and O–H groups in total. The molecule has 3 rings (SSSR count). The van der Waals surface area contributed by atoms with Crippen LogP contribution in [0.2, 0.25) is 5.02 Å². The van der Waals surface area contributed by atoms with E-state index in [4.69, 9.17) is 11.6 Å². The molecule has 0 saturated heterocycles. The van der Waals surface area contributed by atoms with Crippen molar-refractivity contribution in [3.8, 4) is 11.4 Å². The maximum atomic E-state index is 12.9. The highest BCUT2D eigenvalue weighted by Crippen LogP contribution is 2.15.